The van der Waals surface area contributed by atoms with Gasteiger partial charge in [0.05, 0.1) is 12.0 Å². The molecule has 4 unspecified atom stereocenters. The van der Waals surface area contributed by atoms with Crippen molar-refractivity contribution in [1.82, 2.24) is 0 Å². The molecule has 4 atom stereocenters. The summed E-state index contributed by atoms with van der Waals surface area (Å²) < 4.78 is 0. The van der Waals surface area contributed by atoms with Crippen LogP contribution in [0.2, 0.25) is 0 Å². The van der Waals surface area contributed by atoms with Gasteiger partial charge < -0.3 is 10.2 Å². The first-order valence-electron chi connectivity index (χ1n) is 8.02. The van der Waals surface area contributed by atoms with Gasteiger partial charge in [-0.1, -0.05) is 44.5 Å². The summed E-state index contributed by atoms with van der Waals surface area (Å²) in [5.74, 6) is -0.994. The lowest BCUT2D eigenvalue weighted by atomic mass is 9.86. The molecule has 0 amide bonds. The van der Waals surface area contributed by atoms with E-state index in [2.05, 4.69) is 26.0 Å². The third-order valence-electron chi connectivity index (χ3n) is 4.71. The number of carboxylic acids is 1. The van der Waals surface area contributed by atoms with Crippen LogP contribution in [0.1, 0.15) is 56.8 Å². The molecule has 0 aliphatic heterocycles. The molecule has 0 aromatic heterocycles. The third kappa shape index (κ3) is 3.85. The largest absolute Gasteiger partial charge is 0.481 e. The van der Waals surface area contributed by atoms with Crippen LogP contribution in [-0.2, 0) is 11.2 Å². The third-order valence-corrected chi connectivity index (χ3v) is 4.71. The first-order chi connectivity index (χ1) is 10.0. The number of unbranched alkanes of at least 4 members (excludes halogenated alkanes) is 1. The zero-order chi connectivity index (χ0) is 15.4. The van der Waals surface area contributed by atoms with E-state index in [1.54, 1.807) is 0 Å². The quantitative estimate of drug-likeness (QED) is 0.837. The first-order valence-corrected chi connectivity index (χ1v) is 8.02. The van der Waals surface area contributed by atoms with Gasteiger partial charge in [0.25, 0.3) is 0 Å². The fraction of sp³-hybridized carbons (Fsp3) is 0.611. The minimum Gasteiger partial charge on any atom is -0.481 e. The van der Waals surface area contributed by atoms with Gasteiger partial charge in [0.1, 0.15) is 0 Å². The molecule has 1 aromatic carbocycles. The number of carbonyl (C=O) groups is 1. The van der Waals surface area contributed by atoms with Crippen LogP contribution in [0.3, 0.4) is 0 Å². The van der Waals surface area contributed by atoms with Crippen molar-refractivity contribution >= 4 is 5.97 Å². The summed E-state index contributed by atoms with van der Waals surface area (Å²) in [5.41, 5.74) is 2.13. The summed E-state index contributed by atoms with van der Waals surface area (Å²) >= 11 is 0. The van der Waals surface area contributed by atoms with Crippen LogP contribution in [0.4, 0.5) is 0 Å². The molecule has 1 saturated carbocycles. The van der Waals surface area contributed by atoms with Gasteiger partial charge in [0.15, 0.2) is 0 Å². The van der Waals surface area contributed by atoms with E-state index < -0.39 is 18.0 Å². The van der Waals surface area contributed by atoms with Crippen LogP contribution in [0.25, 0.3) is 0 Å². The van der Waals surface area contributed by atoms with Crippen molar-refractivity contribution in [3.63, 3.8) is 0 Å². The van der Waals surface area contributed by atoms with E-state index in [1.807, 2.05) is 12.1 Å². The van der Waals surface area contributed by atoms with Gasteiger partial charge in [-0.15, -0.1) is 0 Å². The number of hydrogen-bond acceptors (Lipinski definition) is 2. The van der Waals surface area contributed by atoms with E-state index in [1.165, 1.54) is 18.4 Å². The predicted octanol–water partition coefficient (Wildman–Crippen LogP) is 3.81. The summed E-state index contributed by atoms with van der Waals surface area (Å²) in [4.78, 5) is 11.4. The van der Waals surface area contributed by atoms with Gasteiger partial charge in [0.2, 0.25) is 0 Å². The number of aliphatic hydroxyl groups excluding tert-OH is 1. The summed E-state index contributed by atoms with van der Waals surface area (Å²) in [6, 6.07) is 8.03. The van der Waals surface area contributed by atoms with Crippen molar-refractivity contribution in [2.24, 2.45) is 17.8 Å². The molecule has 3 heteroatoms. The maximum atomic E-state index is 11.4. The molecular weight excluding hydrogens is 264 g/mol. The lowest BCUT2D eigenvalue weighted by Crippen LogP contribution is -2.23. The van der Waals surface area contributed by atoms with E-state index in [0.717, 1.165) is 18.4 Å². The van der Waals surface area contributed by atoms with Gasteiger partial charge in [-0.3, -0.25) is 4.79 Å². The van der Waals surface area contributed by atoms with Crippen molar-refractivity contribution in [2.75, 3.05) is 0 Å². The second kappa shape index (κ2) is 7.08. The highest BCUT2D eigenvalue weighted by Crippen LogP contribution is 2.43. The van der Waals surface area contributed by atoms with E-state index in [0.29, 0.717) is 12.3 Å². The van der Waals surface area contributed by atoms with Crippen LogP contribution in [0, 0.1) is 17.8 Å². The molecule has 0 heterocycles. The molecular formula is C18H26O3. The first kappa shape index (κ1) is 16.0. The Bertz CT molecular complexity index is 466. The fourth-order valence-electron chi connectivity index (χ4n) is 3.48. The minimum atomic E-state index is -0.775. The number of aliphatic hydroxyl groups is 1. The highest BCUT2D eigenvalue weighted by Gasteiger charge is 2.41. The monoisotopic (exact) mass is 290 g/mol. The Hall–Kier alpha value is -1.35. The maximum absolute atomic E-state index is 11.4. The molecule has 1 aliphatic rings. The van der Waals surface area contributed by atoms with E-state index >= 15 is 0 Å². The molecule has 3 nitrogen and oxygen atoms in total. The number of aliphatic carboxylic acids is 1. The second-order valence-electron chi connectivity index (χ2n) is 6.48. The molecule has 2 rings (SSSR count). The summed E-state index contributed by atoms with van der Waals surface area (Å²) in [6.45, 7) is 4.24. The summed E-state index contributed by atoms with van der Waals surface area (Å²) in [7, 11) is 0. The standard InChI is InChI=1S/C18H26O3/c1-3-4-5-13-6-8-14(9-7-13)17(19)15-10-12(2)11-16(15)18(20)21/h6-9,12,15-17,19H,3-5,10-11H2,1-2H3,(H,20,21). The Morgan fingerprint density at radius 3 is 2.52 bits per heavy atom. The molecule has 116 valence electrons. The van der Waals surface area contributed by atoms with Crippen molar-refractivity contribution in [2.45, 2.75) is 52.1 Å². The molecule has 1 aromatic rings. The van der Waals surface area contributed by atoms with Gasteiger partial charge >= 0.3 is 5.97 Å². The molecule has 21 heavy (non-hydrogen) atoms. The Kier molecular flexibility index (Phi) is 5.40. The maximum Gasteiger partial charge on any atom is 0.306 e. The molecule has 0 bridgehead atoms. The zero-order valence-electron chi connectivity index (χ0n) is 13.0. The van der Waals surface area contributed by atoms with Crippen molar-refractivity contribution in [3.8, 4) is 0 Å². The van der Waals surface area contributed by atoms with E-state index in [-0.39, 0.29) is 5.92 Å². The van der Waals surface area contributed by atoms with Gasteiger partial charge in [-0.25, -0.2) is 0 Å². The van der Waals surface area contributed by atoms with Crippen molar-refractivity contribution < 1.29 is 15.0 Å². The van der Waals surface area contributed by atoms with Crippen LogP contribution in [0.15, 0.2) is 24.3 Å². The molecule has 1 aliphatic carbocycles. The number of carboxylic acid groups (broad SMARTS) is 1. The summed E-state index contributed by atoms with van der Waals surface area (Å²) in [5, 5.41) is 19.9. The number of benzene rings is 1. The minimum absolute atomic E-state index is 0.168. The highest BCUT2D eigenvalue weighted by atomic mass is 16.4. The average molecular weight is 290 g/mol. The SMILES string of the molecule is CCCCc1ccc(C(O)C2CC(C)CC2C(=O)O)cc1. The lowest BCUT2D eigenvalue weighted by molar-refractivity contribution is -0.144. The number of rotatable bonds is 6. The zero-order valence-corrected chi connectivity index (χ0v) is 13.0. The Labute approximate surface area is 127 Å². The van der Waals surface area contributed by atoms with Crippen LogP contribution in [-0.4, -0.2) is 16.2 Å². The average Bonchev–Trinajstić information content (AvgIpc) is 2.87. The smallest absolute Gasteiger partial charge is 0.306 e. The molecule has 0 saturated heterocycles. The van der Waals surface area contributed by atoms with Gasteiger partial charge in [0, 0.05) is 5.92 Å². The normalized spacial score (nSPS) is 26.7. The Balaban J connectivity index is 2.08. The van der Waals surface area contributed by atoms with Gasteiger partial charge in [-0.05, 0) is 42.7 Å². The molecule has 2 N–H and O–H groups in total. The highest BCUT2D eigenvalue weighted by molar-refractivity contribution is 5.71. The van der Waals surface area contributed by atoms with Crippen LogP contribution in [0.5, 0.6) is 0 Å². The van der Waals surface area contributed by atoms with Crippen molar-refractivity contribution in [1.29, 1.82) is 0 Å². The molecule has 0 radical (unpaired) electrons. The molecule has 0 spiro atoms. The fourth-order valence-corrected chi connectivity index (χ4v) is 3.48. The summed E-state index contributed by atoms with van der Waals surface area (Å²) in [6.07, 6.45) is 4.19. The predicted molar refractivity (Wildman–Crippen MR) is 83.0 cm³/mol. The van der Waals surface area contributed by atoms with Crippen LogP contribution >= 0.6 is 0 Å². The number of hydrogen-bond donors (Lipinski definition) is 2. The molecule has 1 fully saturated rings. The van der Waals surface area contributed by atoms with Crippen molar-refractivity contribution in [3.05, 3.63) is 35.4 Å². The van der Waals surface area contributed by atoms with Crippen LogP contribution < -0.4 is 0 Å². The Morgan fingerprint density at radius 1 is 1.29 bits per heavy atom. The number of aryl methyl sites for hydroxylation is 1. The van der Waals surface area contributed by atoms with Gasteiger partial charge in [-0.2, -0.15) is 0 Å². The second-order valence-corrected chi connectivity index (χ2v) is 6.48. The van der Waals surface area contributed by atoms with E-state index in [4.69, 9.17) is 0 Å². The topological polar surface area (TPSA) is 57.5 Å². The Morgan fingerprint density at radius 2 is 1.95 bits per heavy atom. The lowest BCUT2D eigenvalue weighted by Gasteiger charge is -2.22. The van der Waals surface area contributed by atoms with E-state index in [9.17, 15) is 15.0 Å².